The van der Waals surface area contributed by atoms with E-state index in [0.717, 1.165) is 44.1 Å². The molecule has 0 aromatic carbocycles. The second-order valence-corrected chi connectivity index (χ2v) is 5.71. The molecule has 1 aliphatic rings. The first-order valence-electron chi connectivity index (χ1n) is 7.71. The number of nitrogens with zero attached hydrogens (tertiary/aromatic N) is 3. The summed E-state index contributed by atoms with van der Waals surface area (Å²) >= 11 is 0. The van der Waals surface area contributed by atoms with Crippen LogP contribution in [0.3, 0.4) is 0 Å². The average molecular weight is 277 g/mol. The van der Waals surface area contributed by atoms with Crippen LogP contribution in [0, 0.1) is 0 Å². The second kappa shape index (κ2) is 7.43. The minimum atomic E-state index is 0.493. The summed E-state index contributed by atoms with van der Waals surface area (Å²) in [6.07, 6.45) is 7.70. The van der Waals surface area contributed by atoms with Crippen LogP contribution in [0.2, 0.25) is 0 Å². The van der Waals surface area contributed by atoms with Crippen molar-refractivity contribution >= 4 is 11.8 Å². The Labute approximate surface area is 122 Å². The number of hydrogen-bond acceptors (Lipinski definition) is 5. The summed E-state index contributed by atoms with van der Waals surface area (Å²) in [7, 11) is 4.10. The second-order valence-electron chi connectivity index (χ2n) is 5.71. The van der Waals surface area contributed by atoms with Crippen LogP contribution >= 0.6 is 0 Å². The lowest BCUT2D eigenvalue weighted by molar-refractivity contribution is 0.477. The number of aryl methyl sites for hydroxylation is 1. The zero-order valence-corrected chi connectivity index (χ0v) is 12.9. The molecule has 1 fully saturated rings. The predicted octanol–water partition coefficient (Wildman–Crippen LogP) is 2.05. The van der Waals surface area contributed by atoms with Gasteiger partial charge in [-0.3, -0.25) is 0 Å². The number of hydrogen-bond donors (Lipinski definition) is 2. The molecular formula is C15H27N5. The summed E-state index contributed by atoms with van der Waals surface area (Å²) in [5, 5.41) is 6.84. The van der Waals surface area contributed by atoms with E-state index in [1.54, 1.807) is 0 Å². The molecule has 0 unspecified atom stereocenters. The highest BCUT2D eigenvalue weighted by Crippen LogP contribution is 2.20. The molecule has 0 radical (unpaired) electrons. The smallest absolute Gasteiger partial charge is 0.224 e. The summed E-state index contributed by atoms with van der Waals surface area (Å²) in [6, 6.07) is 0.493. The molecule has 0 spiro atoms. The third-order valence-corrected chi connectivity index (χ3v) is 3.74. The summed E-state index contributed by atoms with van der Waals surface area (Å²) in [5.74, 6) is 1.81. The maximum atomic E-state index is 4.70. The molecule has 20 heavy (non-hydrogen) atoms. The van der Waals surface area contributed by atoms with Crippen molar-refractivity contribution in [3.05, 3.63) is 11.8 Å². The first kappa shape index (κ1) is 15.0. The van der Waals surface area contributed by atoms with E-state index >= 15 is 0 Å². The molecule has 1 aromatic heterocycles. The highest BCUT2D eigenvalue weighted by Gasteiger charge is 2.15. The number of anilines is 2. The van der Waals surface area contributed by atoms with Gasteiger partial charge in [-0.15, -0.1) is 0 Å². The van der Waals surface area contributed by atoms with Crippen LogP contribution in [0.1, 0.15) is 38.2 Å². The Kier molecular flexibility index (Phi) is 5.59. The van der Waals surface area contributed by atoms with Crippen molar-refractivity contribution in [1.82, 2.24) is 15.3 Å². The van der Waals surface area contributed by atoms with Crippen molar-refractivity contribution in [2.75, 3.05) is 37.4 Å². The van der Waals surface area contributed by atoms with E-state index in [1.165, 1.54) is 18.4 Å². The van der Waals surface area contributed by atoms with E-state index in [4.69, 9.17) is 4.98 Å². The molecule has 2 heterocycles. The van der Waals surface area contributed by atoms with E-state index in [9.17, 15) is 0 Å². The molecule has 1 aromatic rings. The minimum absolute atomic E-state index is 0.493. The van der Waals surface area contributed by atoms with Crippen LogP contribution < -0.4 is 15.5 Å². The van der Waals surface area contributed by atoms with Crippen molar-refractivity contribution in [3.63, 3.8) is 0 Å². The predicted molar refractivity (Wildman–Crippen MR) is 84.5 cm³/mol. The standard InChI is InChI=1S/C15H27N5/c1-4-5-6-12-11-17-15(19-14(12)20(2)3)18-13-7-9-16-10-8-13/h11,13,16H,4-10H2,1-3H3,(H,17,18,19). The van der Waals surface area contributed by atoms with Gasteiger partial charge in [0.1, 0.15) is 5.82 Å². The number of aromatic nitrogens is 2. The fraction of sp³-hybridized carbons (Fsp3) is 0.733. The highest BCUT2D eigenvalue weighted by molar-refractivity contribution is 5.48. The van der Waals surface area contributed by atoms with Crippen LogP contribution in [-0.2, 0) is 6.42 Å². The van der Waals surface area contributed by atoms with Crippen LogP contribution in [0.25, 0.3) is 0 Å². The van der Waals surface area contributed by atoms with Gasteiger partial charge in [0.25, 0.3) is 0 Å². The lowest BCUT2D eigenvalue weighted by atomic mass is 10.1. The molecule has 0 aliphatic carbocycles. The SMILES string of the molecule is CCCCc1cnc(NC2CCNCC2)nc1N(C)C. The topological polar surface area (TPSA) is 53.1 Å². The Hall–Kier alpha value is -1.36. The van der Waals surface area contributed by atoms with Gasteiger partial charge in [-0.05, 0) is 38.8 Å². The maximum absolute atomic E-state index is 4.70. The van der Waals surface area contributed by atoms with Crippen molar-refractivity contribution < 1.29 is 0 Å². The molecule has 5 nitrogen and oxygen atoms in total. The first-order valence-corrected chi connectivity index (χ1v) is 7.71. The summed E-state index contributed by atoms with van der Waals surface area (Å²) in [4.78, 5) is 11.3. The molecule has 0 saturated carbocycles. The molecule has 1 saturated heterocycles. The Morgan fingerprint density at radius 3 is 2.75 bits per heavy atom. The van der Waals surface area contributed by atoms with Gasteiger partial charge in [-0.2, -0.15) is 4.98 Å². The lowest BCUT2D eigenvalue weighted by Crippen LogP contribution is -2.35. The third kappa shape index (κ3) is 4.07. The van der Waals surface area contributed by atoms with E-state index in [2.05, 4.69) is 27.4 Å². The summed E-state index contributed by atoms with van der Waals surface area (Å²) in [6.45, 7) is 4.36. The average Bonchev–Trinajstić information content (AvgIpc) is 2.47. The molecule has 5 heteroatoms. The molecule has 0 atom stereocenters. The molecule has 2 rings (SSSR count). The third-order valence-electron chi connectivity index (χ3n) is 3.74. The van der Waals surface area contributed by atoms with Crippen LogP contribution in [0.15, 0.2) is 6.20 Å². The van der Waals surface area contributed by atoms with Crippen molar-refractivity contribution in [3.8, 4) is 0 Å². The highest BCUT2D eigenvalue weighted by atomic mass is 15.2. The normalized spacial score (nSPS) is 16.1. The van der Waals surface area contributed by atoms with Gasteiger partial charge in [0, 0.05) is 31.9 Å². The molecule has 0 bridgehead atoms. The number of nitrogens with one attached hydrogen (secondary N) is 2. The molecule has 112 valence electrons. The summed E-state index contributed by atoms with van der Waals surface area (Å²) in [5.41, 5.74) is 1.24. The Morgan fingerprint density at radius 1 is 1.35 bits per heavy atom. The van der Waals surface area contributed by atoms with Crippen molar-refractivity contribution in [2.45, 2.75) is 45.1 Å². The first-order chi connectivity index (χ1) is 9.70. The lowest BCUT2D eigenvalue weighted by Gasteiger charge is -2.24. The summed E-state index contributed by atoms with van der Waals surface area (Å²) < 4.78 is 0. The molecule has 1 aliphatic heterocycles. The van der Waals surface area contributed by atoms with Gasteiger partial charge in [-0.1, -0.05) is 13.3 Å². The van der Waals surface area contributed by atoms with Crippen LogP contribution in [0.5, 0.6) is 0 Å². The van der Waals surface area contributed by atoms with Gasteiger partial charge in [0.2, 0.25) is 5.95 Å². The van der Waals surface area contributed by atoms with E-state index in [1.807, 2.05) is 20.3 Å². The van der Waals surface area contributed by atoms with Crippen molar-refractivity contribution in [1.29, 1.82) is 0 Å². The van der Waals surface area contributed by atoms with E-state index in [0.29, 0.717) is 6.04 Å². The van der Waals surface area contributed by atoms with E-state index in [-0.39, 0.29) is 0 Å². The zero-order chi connectivity index (χ0) is 14.4. The van der Waals surface area contributed by atoms with Gasteiger partial charge >= 0.3 is 0 Å². The quantitative estimate of drug-likeness (QED) is 0.833. The largest absolute Gasteiger partial charge is 0.362 e. The van der Waals surface area contributed by atoms with E-state index < -0.39 is 0 Å². The molecular weight excluding hydrogens is 250 g/mol. The number of rotatable bonds is 6. The Morgan fingerprint density at radius 2 is 2.10 bits per heavy atom. The number of unbranched alkanes of at least 4 members (excludes halogenated alkanes) is 1. The van der Waals surface area contributed by atoms with Crippen LogP contribution in [-0.4, -0.2) is 43.2 Å². The zero-order valence-electron chi connectivity index (χ0n) is 12.9. The molecule has 0 amide bonds. The van der Waals surface area contributed by atoms with Gasteiger partial charge in [0.15, 0.2) is 0 Å². The maximum Gasteiger partial charge on any atom is 0.224 e. The van der Waals surface area contributed by atoms with Crippen LogP contribution in [0.4, 0.5) is 11.8 Å². The fourth-order valence-corrected chi connectivity index (χ4v) is 2.55. The fourth-order valence-electron chi connectivity index (χ4n) is 2.55. The number of piperidine rings is 1. The van der Waals surface area contributed by atoms with Crippen molar-refractivity contribution in [2.24, 2.45) is 0 Å². The monoisotopic (exact) mass is 277 g/mol. The Balaban J connectivity index is 2.07. The van der Waals surface area contributed by atoms with Gasteiger partial charge in [-0.25, -0.2) is 4.98 Å². The molecule has 2 N–H and O–H groups in total. The van der Waals surface area contributed by atoms with Gasteiger partial charge in [0.05, 0.1) is 0 Å². The Bertz CT molecular complexity index is 413. The minimum Gasteiger partial charge on any atom is -0.362 e. The van der Waals surface area contributed by atoms with Gasteiger partial charge < -0.3 is 15.5 Å².